The molecule has 0 unspecified atom stereocenters. The Kier molecular flexibility index (Phi) is 4.74. The molecule has 0 heterocycles. The van der Waals surface area contributed by atoms with E-state index in [1.165, 1.54) is 12.1 Å². The molecule has 1 aromatic carbocycles. The zero-order chi connectivity index (χ0) is 12.1. The van der Waals surface area contributed by atoms with Gasteiger partial charge in [0.05, 0.1) is 12.2 Å². The van der Waals surface area contributed by atoms with Crippen molar-refractivity contribution in [3.8, 4) is 5.75 Å². The van der Waals surface area contributed by atoms with Crippen molar-refractivity contribution in [3.63, 3.8) is 0 Å². The van der Waals surface area contributed by atoms with E-state index < -0.39 is 6.10 Å². The molecule has 3 heteroatoms. The van der Waals surface area contributed by atoms with Crippen LogP contribution in [0.4, 0.5) is 4.39 Å². The molecule has 1 rings (SSSR count). The first-order valence-corrected chi connectivity index (χ1v) is 5.72. The number of hydrogen-bond donors (Lipinski definition) is 1. The van der Waals surface area contributed by atoms with E-state index >= 15 is 0 Å². The summed E-state index contributed by atoms with van der Waals surface area (Å²) in [6.45, 7) is 5.69. The maximum Gasteiger partial charge on any atom is 0.128 e. The predicted octanol–water partition coefficient (Wildman–Crippen LogP) is 3.45. The van der Waals surface area contributed by atoms with Gasteiger partial charge in [0.2, 0.25) is 0 Å². The smallest absolute Gasteiger partial charge is 0.128 e. The fourth-order valence-electron chi connectivity index (χ4n) is 1.59. The third-order valence-electron chi connectivity index (χ3n) is 2.63. The van der Waals surface area contributed by atoms with Gasteiger partial charge in [0.1, 0.15) is 11.6 Å². The summed E-state index contributed by atoms with van der Waals surface area (Å²) in [6.07, 6.45) is 1.16. The molecule has 1 aromatic rings. The molecular formula is C13H19FO2. The second-order valence-electron chi connectivity index (χ2n) is 3.91. The number of hydrogen-bond acceptors (Lipinski definition) is 2. The molecule has 0 aromatic heterocycles. The summed E-state index contributed by atoms with van der Waals surface area (Å²) in [7, 11) is 0. The van der Waals surface area contributed by atoms with Crippen LogP contribution in [0.5, 0.6) is 5.75 Å². The van der Waals surface area contributed by atoms with Crippen LogP contribution >= 0.6 is 0 Å². The molecule has 0 spiro atoms. The van der Waals surface area contributed by atoms with Crippen molar-refractivity contribution in [2.75, 3.05) is 0 Å². The number of benzene rings is 1. The van der Waals surface area contributed by atoms with E-state index in [9.17, 15) is 9.50 Å². The molecule has 0 aliphatic rings. The molecule has 0 aliphatic heterocycles. The Hall–Kier alpha value is -1.09. The lowest BCUT2D eigenvalue weighted by atomic mass is 10.1. The lowest BCUT2D eigenvalue weighted by Crippen LogP contribution is -2.15. The highest BCUT2D eigenvalue weighted by atomic mass is 19.1. The molecule has 0 aliphatic carbocycles. The Labute approximate surface area is 96.1 Å². The Morgan fingerprint density at radius 2 is 1.94 bits per heavy atom. The van der Waals surface area contributed by atoms with Crippen LogP contribution in [-0.2, 0) is 0 Å². The Morgan fingerprint density at radius 1 is 1.31 bits per heavy atom. The lowest BCUT2D eigenvalue weighted by molar-refractivity contribution is 0.165. The van der Waals surface area contributed by atoms with E-state index in [-0.39, 0.29) is 11.9 Å². The Morgan fingerprint density at radius 3 is 2.44 bits per heavy atom. The molecule has 16 heavy (non-hydrogen) atoms. The normalized spacial score (nSPS) is 12.9. The fourth-order valence-corrected chi connectivity index (χ4v) is 1.59. The first-order chi connectivity index (χ1) is 7.58. The number of aliphatic hydroxyl groups excluding tert-OH is 1. The minimum absolute atomic E-state index is 0.0688. The average Bonchev–Trinajstić information content (AvgIpc) is 2.25. The highest BCUT2D eigenvalue weighted by molar-refractivity contribution is 5.35. The molecule has 0 saturated carbocycles. The van der Waals surface area contributed by atoms with E-state index in [1.807, 2.05) is 13.8 Å². The van der Waals surface area contributed by atoms with Crippen LogP contribution in [0.15, 0.2) is 18.2 Å². The monoisotopic (exact) mass is 226 g/mol. The summed E-state index contributed by atoms with van der Waals surface area (Å²) in [6, 6.07) is 4.24. The SMILES string of the molecule is CCC(CC)Oc1cc(F)ccc1[C@@H](C)O. The highest BCUT2D eigenvalue weighted by Crippen LogP contribution is 2.27. The maximum absolute atomic E-state index is 13.1. The summed E-state index contributed by atoms with van der Waals surface area (Å²) in [5, 5.41) is 9.55. The van der Waals surface area contributed by atoms with Crippen LogP contribution in [0.25, 0.3) is 0 Å². The lowest BCUT2D eigenvalue weighted by Gasteiger charge is -2.19. The van der Waals surface area contributed by atoms with Crippen molar-refractivity contribution in [1.82, 2.24) is 0 Å². The van der Waals surface area contributed by atoms with Gasteiger partial charge in [-0.1, -0.05) is 13.8 Å². The maximum atomic E-state index is 13.1. The molecule has 0 radical (unpaired) electrons. The molecular weight excluding hydrogens is 207 g/mol. The van der Waals surface area contributed by atoms with Crippen LogP contribution in [0, 0.1) is 5.82 Å². The first-order valence-electron chi connectivity index (χ1n) is 5.72. The number of aliphatic hydroxyl groups is 1. The molecule has 0 fully saturated rings. The van der Waals surface area contributed by atoms with Crippen LogP contribution in [-0.4, -0.2) is 11.2 Å². The van der Waals surface area contributed by atoms with Gasteiger partial charge in [-0.3, -0.25) is 0 Å². The van der Waals surface area contributed by atoms with Gasteiger partial charge in [-0.05, 0) is 31.9 Å². The standard InChI is InChI=1S/C13H19FO2/c1-4-11(5-2)16-13-8-10(14)6-7-12(13)9(3)15/h6-9,11,15H,4-5H2,1-3H3/t9-/m1/s1. The number of halogens is 1. The summed E-state index contributed by atoms with van der Waals surface area (Å²) >= 11 is 0. The molecule has 90 valence electrons. The summed E-state index contributed by atoms with van der Waals surface area (Å²) in [5.41, 5.74) is 0.633. The zero-order valence-electron chi connectivity index (χ0n) is 10.0. The highest BCUT2D eigenvalue weighted by Gasteiger charge is 2.13. The van der Waals surface area contributed by atoms with Gasteiger partial charge < -0.3 is 9.84 Å². The minimum atomic E-state index is -0.648. The van der Waals surface area contributed by atoms with E-state index in [0.717, 1.165) is 12.8 Å². The van der Waals surface area contributed by atoms with Crippen LogP contribution in [0.3, 0.4) is 0 Å². The van der Waals surface area contributed by atoms with Crippen LogP contribution < -0.4 is 4.74 Å². The largest absolute Gasteiger partial charge is 0.490 e. The fraction of sp³-hybridized carbons (Fsp3) is 0.538. The minimum Gasteiger partial charge on any atom is -0.490 e. The summed E-state index contributed by atoms with van der Waals surface area (Å²) in [4.78, 5) is 0. The van der Waals surface area contributed by atoms with Crippen molar-refractivity contribution in [2.24, 2.45) is 0 Å². The van der Waals surface area contributed by atoms with Gasteiger partial charge in [0.25, 0.3) is 0 Å². The number of rotatable bonds is 5. The third kappa shape index (κ3) is 3.20. The van der Waals surface area contributed by atoms with Crippen molar-refractivity contribution in [3.05, 3.63) is 29.6 Å². The number of ether oxygens (including phenoxy) is 1. The molecule has 2 nitrogen and oxygen atoms in total. The van der Waals surface area contributed by atoms with Crippen molar-refractivity contribution >= 4 is 0 Å². The topological polar surface area (TPSA) is 29.5 Å². The van der Waals surface area contributed by atoms with Crippen LogP contribution in [0.1, 0.15) is 45.3 Å². The Bertz CT molecular complexity index is 333. The van der Waals surface area contributed by atoms with Crippen molar-refractivity contribution in [2.45, 2.75) is 45.8 Å². The van der Waals surface area contributed by atoms with Gasteiger partial charge >= 0.3 is 0 Å². The molecule has 0 amide bonds. The molecule has 1 atom stereocenters. The average molecular weight is 226 g/mol. The quantitative estimate of drug-likeness (QED) is 0.833. The van der Waals surface area contributed by atoms with Crippen molar-refractivity contribution < 1.29 is 14.2 Å². The molecule has 0 bridgehead atoms. The first kappa shape index (κ1) is 13.0. The van der Waals surface area contributed by atoms with E-state index in [0.29, 0.717) is 11.3 Å². The van der Waals surface area contributed by atoms with Gasteiger partial charge in [-0.25, -0.2) is 4.39 Å². The Balaban J connectivity index is 2.95. The van der Waals surface area contributed by atoms with Gasteiger partial charge in [0, 0.05) is 11.6 Å². The molecule has 1 N–H and O–H groups in total. The van der Waals surface area contributed by atoms with Gasteiger partial charge in [-0.15, -0.1) is 0 Å². The summed E-state index contributed by atoms with van der Waals surface area (Å²) < 4.78 is 18.8. The van der Waals surface area contributed by atoms with Gasteiger partial charge in [0.15, 0.2) is 0 Å². The van der Waals surface area contributed by atoms with E-state index in [2.05, 4.69) is 0 Å². The third-order valence-corrected chi connectivity index (χ3v) is 2.63. The second-order valence-corrected chi connectivity index (χ2v) is 3.91. The van der Waals surface area contributed by atoms with E-state index in [1.54, 1.807) is 13.0 Å². The zero-order valence-corrected chi connectivity index (χ0v) is 10.0. The van der Waals surface area contributed by atoms with E-state index in [4.69, 9.17) is 4.74 Å². The van der Waals surface area contributed by atoms with Gasteiger partial charge in [-0.2, -0.15) is 0 Å². The van der Waals surface area contributed by atoms with Crippen molar-refractivity contribution in [1.29, 1.82) is 0 Å². The molecule has 0 saturated heterocycles. The second kappa shape index (κ2) is 5.85. The van der Waals surface area contributed by atoms with Crippen LogP contribution in [0.2, 0.25) is 0 Å². The summed E-state index contributed by atoms with van der Waals surface area (Å²) in [5.74, 6) is 0.106. The predicted molar refractivity (Wildman–Crippen MR) is 62.0 cm³/mol.